The van der Waals surface area contributed by atoms with E-state index in [4.69, 9.17) is 9.97 Å². The van der Waals surface area contributed by atoms with E-state index in [0.717, 1.165) is 23.9 Å². The molecule has 0 radical (unpaired) electrons. The zero-order valence-corrected chi connectivity index (χ0v) is 13.8. The first-order valence-corrected chi connectivity index (χ1v) is 9.09. The van der Waals surface area contributed by atoms with Crippen molar-refractivity contribution < 1.29 is 0 Å². The van der Waals surface area contributed by atoms with E-state index in [2.05, 4.69) is 44.8 Å². The van der Waals surface area contributed by atoms with E-state index in [1.54, 1.807) is 0 Å². The molecule has 0 bridgehead atoms. The number of nitrogens with one attached hydrogen (secondary N) is 1. The molecule has 1 aromatic heterocycles. The van der Waals surface area contributed by atoms with Crippen LogP contribution < -0.4 is 5.32 Å². The Labute approximate surface area is 124 Å². The lowest BCUT2D eigenvalue weighted by Gasteiger charge is -2.29. The smallest absolute Gasteiger partial charge is 0.145 e. The maximum absolute atomic E-state index is 4.79. The first kappa shape index (κ1) is 15.0. The van der Waals surface area contributed by atoms with Gasteiger partial charge in [-0.15, -0.1) is 11.8 Å². The van der Waals surface area contributed by atoms with Crippen molar-refractivity contribution in [1.82, 2.24) is 9.97 Å². The van der Waals surface area contributed by atoms with Gasteiger partial charge in [-0.3, -0.25) is 0 Å². The summed E-state index contributed by atoms with van der Waals surface area (Å²) in [4.78, 5) is 9.54. The van der Waals surface area contributed by atoms with Gasteiger partial charge in [-0.05, 0) is 27.2 Å². The summed E-state index contributed by atoms with van der Waals surface area (Å²) in [6, 6.07) is 0. The second-order valence-corrected chi connectivity index (χ2v) is 7.38. The number of aromatic nitrogens is 2. The molecular formula is C14H23N3S2. The molecule has 1 aromatic rings. The predicted octanol–water partition coefficient (Wildman–Crippen LogP) is 3.82. The third-order valence-electron chi connectivity index (χ3n) is 3.46. The Hall–Kier alpha value is -0.420. The minimum atomic E-state index is 0.445. The van der Waals surface area contributed by atoms with Crippen LogP contribution in [0.5, 0.6) is 0 Å². The predicted molar refractivity (Wildman–Crippen MR) is 87.4 cm³/mol. The average Bonchev–Trinajstić information content (AvgIpc) is 2.43. The fourth-order valence-electron chi connectivity index (χ4n) is 2.26. The minimum absolute atomic E-state index is 0.445. The first-order chi connectivity index (χ1) is 9.17. The van der Waals surface area contributed by atoms with Crippen LogP contribution in [0.3, 0.4) is 0 Å². The molecule has 2 atom stereocenters. The van der Waals surface area contributed by atoms with Crippen LogP contribution >= 0.6 is 23.5 Å². The quantitative estimate of drug-likeness (QED) is 0.914. The summed E-state index contributed by atoms with van der Waals surface area (Å²) in [5, 5.41) is 4.46. The minimum Gasteiger partial charge on any atom is -0.370 e. The van der Waals surface area contributed by atoms with Crippen LogP contribution in [0.15, 0.2) is 0 Å². The molecular weight excluding hydrogens is 274 g/mol. The Morgan fingerprint density at radius 1 is 1.16 bits per heavy atom. The van der Waals surface area contributed by atoms with Crippen LogP contribution in [-0.4, -0.2) is 33.3 Å². The Morgan fingerprint density at radius 3 is 2.58 bits per heavy atom. The summed E-state index contributed by atoms with van der Waals surface area (Å²) in [6.07, 6.45) is 1.19. The van der Waals surface area contributed by atoms with Gasteiger partial charge in [0.15, 0.2) is 0 Å². The molecule has 0 spiro atoms. The van der Waals surface area contributed by atoms with Crippen LogP contribution in [0.1, 0.15) is 42.6 Å². The lowest BCUT2D eigenvalue weighted by Crippen LogP contribution is -2.21. The summed E-state index contributed by atoms with van der Waals surface area (Å²) < 4.78 is 0. The Morgan fingerprint density at radius 2 is 1.89 bits per heavy atom. The molecule has 106 valence electrons. The van der Waals surface area contributed by atoms with E-state index in [0.29, 0.717) is 10.5 Å². The fourth-order valence-corrected chi connectivity index (χ4v) is 5.25. The Kier molecular flexibility index (Phi) is 5.39. The van der Waals surface area contributed by atoms with Crippen LogP contribution in [0, 0.1) is 13.8 Å². The second-order valence-electron chi connectivity index (χ2n) is 4.78. The summed E-state index contributed by atoms with van der Waals surface area (Å²) in [5.74, 6) is 4.49. The molecule has 0 aromatic carbocycles. The second kappa shape index (κ2) is 6.84. The van der Waals surface area contributed by atoms with Crippen molar-refractivity contribution in [2.24, 2.45) is 0 Å². The molecule has 3 nitrogen and oxygen atoms in total. The summed E-state index contributed by atoms with van der Waals surface area (Å²) in [5.41, 5.74) is 2.28. The van der Waals surface area contributed by atoms with E-state index in [9.17, 15) is 0 Å². The third-order valence-corrected chi connectivity index (χ3v) is 6.70. The van der Waals surface area contributed by atoms with E-state index >= 15 is 0 Å². The lowest BCUT2D eigenvalue weighted by molar-refractivity contribution is 0.743. The molecule has 0 amide bonds. The van der Waals surface area contributed by atoms with Crippen LogP contribution in [0.25, 0.3) is 0 Å². The number of hydrogen-bond acceptors (Lipinski definition) is 5. The zero-order chi connectivity index (χ0) is 13.8. The maximum atomic E-state index is 4.79. The molecule has 2 unspecified atom stereocenters. The van der Waals surface area contributed by atoms with Crippen molar-refractivity contribution >= 4 is 29.3 Å². The van der Waals surface area contributed by atoms with Crippen LogP contribution in [0.2, 0.25) is 0 Å². The molecule has 1 saturated heterocycles. The zero-order valence-electron chi connectivity index (χ0n) is 12.2. The van der Waals surface area contributed by atoms with Gasteiger partial charge in [-0.25, -0.2) is 9.97 Å². The van der Waals surface area contributed by atoms with Crippen LogP contribution in [-0.2, 0) is 0 Å². The monoisotopic (exact) mass is 297 g/mol. The largest absolute Gasteiger partial charge is 0.370 e. The number of hydrogen-bond donors (Lipinski definition) is 1. The normalized spacial score (nSPS) is 23.4. The maximum Gasteiger partial charge on any atom is 0.145 e. The van der Waals surface area contributed by atoms with E-state index in [-0.39, 0.29) is 0 Å². The molecule has 1 aliphatic rings. The van der Waals surface area contributed by atoms with Gasteiger partial charge in [0, 0.05) is 34.6 Å². The molecule has 0 aliphatic carbocycles. The molecule has 1 fully saturated rings. The highest BCUT2D eigenvalue weighted by molar-refractivity contribution is 8.06. The highest BCUT2D eigenvalue weighted by atomic mass is 32.2. The molecule has 1 aliphatic heterocycles. The third kappa shape index (κ3) is 3.37. The van der Waals surface area contributed by atoms with Gasteiger partial charge in [-0.1, -0.05) is 6.92 Å². The topological polar surface area (TPSA) is 37.8 Å². The lowest BCUT2D eigenvalue weighted by atomic mass is 10.2. The van der Waals surface area contributed by atoms with Gasteiger partial charge in [0.05, 0.1) is 5.25 Å². The van der Waals surface area contributed by atoms with Gasteiger partial charge < -0.3 is 5.32 Å². The van der Waals surface area contributed by atoms with Gasteiger partial charge in [0.1, 0.15) is 11.6 Å². The van der Waals surface area contributed by atoms with Crippen molar-refractivity contribution in [3.05, 3.63) is 17.1 Å². The molecule has 0 saturated carbocycles. The summed E-state index contributed by atoms with van der Waals surface area (Å²) in [6.45, 7) is 9.46. The fraction of sp³-hybridized carbons (Fsp3) is 0.714. The summed E-state index contributed by atoms with van der Waals surface area (Å²) >= 11 is 4.09. The van der Waals surface area contributed by atoms with Crippen molar-refractivity contribution in [3.8, 4) is 0 Å². The molecule has 2 heterocycles. The summed E-state index contributed by atoms with van der Waals surface area (Å²) in [7, 11) is 0. The number of thioether (sulfide) groups is 2. The van der Waals surface area contributed by atoms with E-state index in [1.807, 2.05) is 11.8 Å². The number of nitrogens with zero attached hydrogens (tertiary/aromatic N) is 2. The van der Waals surface area contributed by atoms with Crippen LogP contribution in [0.4, 0.5) is 5.82 Å². The number of aryl methyl sites for hydroxylation is 1. The highest BCUT2D eigenvalue weighted by Crippen LogP contribution is 2.43. The molecule has 1 N–H and O–H groups in total. The Balaban J connectivity index is 2.32. The van der Waals surface area contributed by atoms with Gasteiger partial charge in [0.2, 0.25) is 0 Å². The van der Waals surface area contributed by atoms with Gasteiger partial charge in [0.25, 0.3) is 0 Å². The van der Waals surface area contributed by atoms with Crippen molar-refractivity contribution in [2.45, 2.75) is 44.6 Å². The number of rotatable bonds is 4. The Bertz CT molecular complexity index is 437. The standard InChI is InChI=1S/C14H23N3S2/c1-5-11-12(19-8-7-18-11)14-16-10(4)9(3)13(17-14)15-6-2/h11-12H,5-8H2,1-4H3,(H,15,16,17). The highest BCUT2D eigenvalue weighted by Gasteiger charge is 2.29. The van der Waals surface area contributed by atoms with Crippen molar-refractivity contribution in [1.29, 1.82) is 0 Å². The van der Waals surface area contributed by atoms with Crippen molar-refractivity contribution in [2.75, 3.05) is 23.4 Å². The first-order valence-electron chi connectivity index (χ1n) is 6.99. The van der Waals surface area contributed by atoms with Crippen molar-refractivity contribution in [3.63, 3.8) is 0 Å². The van der Waals surface area contributed by atoms with E-state index < -0.39 is 0 Å². The SMILES string of the molecule is CCNc1nc(C2SCCSC2CC)nc(C)c1C. The van der Waals surface area contributed by atoms with E-state index in [1.165, 1.54) is 23.5 Å². The van der Waals surface area contributed by atoms with Gasteiger partial charge in [-0.2, -0.15) is 11.8 Å². The average molecular weight is 297 g/mol. The number of anilines is 1. The van der Waals surface area contributed by atoms with Gasteiger partial charge >= 0.3 is 0 Å². The molecule has 19 heavy (non-hydrogen) atoms. The molecule has 5 heteroatoms. The molecule has 2 rings (SSSR count).